The highest BCUT2D eigenvalue weighted by atomic mass is 16.6. The number of nitrogens with zero attached hydrogens (tertiary/aromatic N) is 4. The van der Waals surface area contributed by atoms with E-state index in [2.05, 4.69) is 10.2 Å². The molecule has 2 aliphatic rings. The fraction of sp³-hybridized carbons (Fsp3) is 0.381. The average Bonchev–Trinajstić information content (AvgIpc) is 2.93. The predicted octanol–water partition coefficient (Wildman–Crippen LogP) is 2.48. The fourth-order valence-corrected chi connectivity index (χ4v) is 4.03. The number of hydrogen-bond donors (Lipinski definition) is 1. The van der Waals surface area contributed by atoms with Crippen molar-refractivity contribution in [2.45, 2.75) is 13.0 Å². The normalized spacial score (nSPS) is 17.1. The summed E-state index contributed by atoms with van der Waals surface area (Å²) in [6, 6.07) is 9.01. The zero-order valence-electron chi connectivity index (χ0n) is 16.5. The van der Waals surface area contributed by atoms with Crippen molar-refractivity contribution >= 4 is 11.3 Å². The molecule has 2 aromatic heterocycles. The van der Waals surface area contributed by atoms with Crippen LogP contribution in [-0.4, -0.2) is 58.6 Å². The number of pyridine rings is 1. The van der Waals surface area contributed by atoms with Gasteiger partial charge in [0, 0.05) is 31.3 Å². The number of ether oxygens (including phenoxy) is 2. The summed E-state index contributed by atoms with van der Waals surface area (Å²) in [6.45, 7) is 5.53. The maximum absolute atomic E-state index is 11.4. The van der Waals surface area contributed by atoms with Crippen LogP contribution in [0, 0.1) is 10.1 Å². The Morgan fingerprint density at radius 2 is 1.97 bits per heavy atom. The molecule has 156 valence electrons. The average molecular weight is 409 g/mol. The minimum Gasteiger partial charge on any atom is -0.486 e. The highest BCUT2D eigenvalue weighted by Gasteiger charge is 2.21. The van der Waals surface area contributed by atoms with Crippen LogP contribution in [0.3, 0.4) is 0 Å². The molecule has 4 heterocycles. The molecule has 1 N–H and O–H groups in total. The summed E-state index contributed by atoms with van der Waals surface area (Å²) in [7, 11) is 0. The second kappa shape index (κ2) is 7.92. The summed E-state index contributed by atoms with van der Waals surface area (Å²) in [6.07, 6.45) is 2.63. The quantitative estimate of drug-likeness (QED) is 0.523. The van der Waals surface area contributed by atoms with Crippen LogP contribution in [0.2, 0.25) is 0 Å². The van der Waals surface area contributed by atoms with Crippen LogP contribution in [-0.2, 0) is 6.54 Å². The Balaban J connectivity index is 1.61. The molecule has 0 aliphatic carbocycles. The SMILES string of the molecule is O=[N+]([O-])c1ccc2nc(-c3ccc4c(c3)OCCO4)c(CN3CCCNCC3)n2c1. The number of rotatable bonds is 4. The van der Waals surface area contributed by atoms with E-state index in [4.69, 9.17) is 14.5 Å². The van der Waals surface area contributed by atoms with Gasteiger partial charge in [-0.1, -0.05) is 0 Å². The first-order valence-corrected chi connectivity index (χ1v) is 10.2. The topological polar surface area (TPSA) is 94.2 Å². The van der Waals surface area contributed by atoms with Gasteiger partial charge < -0.3 is 14.8 Å². The van der Waals surface area contributed by atoms with E-state index in [1.165, 1.54) is 6.07 Å². The third-order valence-corrected chi connectivity index (χ3v) is 5.53. The number of aromatic nitrogens is 2. The molecule has 3 aromatic rings. The largest absolute Gasteiger partial charge is 0.486 e. The van der Waals surface area contributed by atoms with Crippen LogP contribution in [0.4, 0.5) is 5.69 Å². The smallest absolute Gasteiger partial charge is 0.286 e. The Labute approximate surface area is 173 Å². The first-order valence-electron chi connectivity index (χ1n) is 10.2. The Hall–Kier alpha value is -3.17. The van der Waals surface area contributed by atoms with E-state index in [0.29, 0.717) is 31.2 Å². The molecule has 2 aliphatic heterocycles. The molecule has 0 bridgehead atoms. The first kappa shape index (κ1) is 18.8. The van der Waals surface area contributed by atoms with Crippen LogP contribution < -0.4 is 14.8 Å². The molecular formula is C21H23N5O4. The summed E-state index contributed by atoms with van der Waals surface area (Å²) < 4.78 is 13.2. The Bertz CT molecular complexity index is 1090. The van der Waals surface area contributed by atoms with Crippen LogP contribution in [0.25, 0.3) is 16.9 Å². The van der Waals surface area contributed by atoms with Gasteiger partial charge in [-0.2, -0.15) is 0 Å². The molecule has 0 spiro atoms. The van der Waals surface area contributed by atoms with Gasteiger partial charge in [0.15, 0.2) is 11.5 Å². The summed E-state index contributed by atoms with van der Waals surface area (Å²) in [4.78, 5) is 18.2. The Morgan fingerprint density at radius 3 is 2.83 bits per heavy atom. The van der Waals surface area contributed by atoms with Crippen molar-refractivity contribution in [1.29, 1.82) is 0 Å². The molecule has 1 fully saturated rings. The summed E-state index contributed by atoms with van der Waals surface area (Å²) in [5, 5.41) is 14.8. The molecule has 0 atom stereocenters. The van der Waals surface area contributed by atoms with Crippen molar-refractivity contribution in [3.63, 3.8) is 0 Å². The van der Waals surface area contributed by atoms with Gasteiger partial charge in [-0.15, -0.1) is 0 Å². The van der Waals surface area contributed by atoms with E-state index in [1.807, 2.05) is 22.6 Å². The van der Waals surface area contributed by atoms with Crippen molar-refractivity contribution in [2.24, 2.45) is 0 Å². The molecular weight excluding hydrogens is 386 g/mol. The molecule has 1 saturated heterocycles. The molecule has 9 heteroatoms. The van der Waals surface area contributed by atoms with Gasteiger partial charge in [-0.3, -0.25) is 19.4 Å². The van der Waals surface area contributed by atoms with E-state index < -0.39 is 0 Å². The minimum atomic E-state index is -0.372. The van der Waals surface area contributed by atoms with Crippen molar-refractivity contribution in [2.75, 3.05) is 39.4 Å². The third-order valence-electron chi connectivity index (χ3n) is 5.53. The molecule has 0 unspecified atom stereocenters. The van der Waals surface area contributed by atoms with Crippen molar-refractivity contribution in [3.8, 4) is 22.8 Å². The maximum Gasteiger partial charge on any atom is 0.286 e. The molecule has 9 nitrogen and oxygen atoms in total. The predicted molar refractivity (Wildman–Crippen MR) is 111 cm³/mol. The number of imidazole rings is 1. The van der Waals surface area contributed by atoms with Crippen LogP contribution >= 0.6 is 0 Å². The second-order valence-electron chi connectivity index (χ2n) is 7.52. The van der Waals surface area contributed by atoms with Gasteiger partial charge in [0.05, 0.1) is 22.5 Å². The Kier molecular flexibility index (Phi) is 4.97. The Morgan fingerprint density at radius 1 is 1.10 bits per heavy atom. The zero-order chi connectivity index (χ0) is 20.5. The highest BCUT2D eigenvalue weighted by molar-refractivity contribution is 5.70. The van der Waals surface area contributed by atoms with Gasteiger partial charge in [-0.05, 0) is 43.8 Å². The standard InChI is InChI=1S/C21H23N5O4/c27-26(28)16-3-5-20-23-21(15-2-4-18-19(12-15)30-11-10-29-18)17(25(20)13-16)14-24-8-1-6-22-7-9-24/h2-5,12-13,22H,1,6-11,14H2. The molecule has 30 heavy (non-hydrogen) atoms. The lowest BCUT2D eigenvalue weighted by molar-refractivity contribution is -0.385. The lowest BCUT2D eigenvalue weighted by Gasteiger charge is -2.21. The van der Waals surface area contributed by atoms with E-state index in [9.17, 15) is 10.1 Å². The fourth-order valence-electron chi connectivity index (χ4n) is 4.03. The van der Waals surface area contributed by atoms with Crippen LogP contribution in [0.5, 0.6) is 11.5 Å². The van der Waals surface area contributed by atoms with E-state index in [-0.39, 0.29) is 10.6 Å². The summed E-state index contributed by atoms with van der Waals surface area (Å²) >= 11 is 0. The van der Waals surface area contributed by atoms with Gasteiger partial charge in [0.2, 0.25) is 0 Å². The number of benzene rings is 1. The second-order valence-corrected chi connectivity index (χ2v) is 7.52. The molecule has 0 radical (unpaired) electrons. The number of nitro groups is 1. The first-order chi connectivity index (χ1) is 14.7. The maximum atomic E-state index is 11.4. The zero-order valence-corrected chi connectivity index (χ0v) is 16.5. The van der Waals surface area contributed by atoms with E-state index >= 15 is 0 Å². The van der Waals surface area contributed by atoms with E-state index in [0.717, 1.165) is 55.3 Å². The van der Waals surface area contributed by atoms with Gasteiger partial charge in [0.1, 0.15) is 18.9 Å². The van der Waals surface area contributed by atoms with Crippen molar-refractivity contribution < 1.29 is 14.4 Å². The minimum absolute atomic E-state index is 0.0485. The number of hydrogen-bond acceptors (Lipinski definition) is 7. The number of fused-ring (bicyclic) bond motifs is 2. The van der Waals surface area contributed by atoms with Crippen molar-refractivity contribution in [3.05, 3.63) is 52.3 Å². The summed E-state index contributed by atoms with van der Waals surface area (Å²) in [5.41, 5.74) is 3.39. The number of nitrogens with one attached hydrogen (secondary N) is 1. The van der Waals surface area contributed by atoms with Crippen molar-refractivity contribution in [1.82, 2.24) is 19.6 Å². The van der Waals surface area contributed by atoms with Gasteiger partial charge in [0.25, 0.3) is 5.69 Å². The van der Waals surface area contributed by atoms with E-state index in [1.54, 1.807) is 12.3 Å². The highest BCUT2D eigenvalue weighted by Crippen LogP contribution is 2.36. The molecule has 5 rings (SSSR count). The monoisotopic (exact) mass is 409 g/mol. The van der Waals surface area contributed by atoms with Crippen LogP contribution in [0.15, 0.2) is 36.5 Å². The van der Waals surface area contributed by atoms with Gasteiger partial charge in [-0.25, -0.2) is 4.98 Å². The molecule has 1 aromatic carbocycles. The molecule has 0 amide bonds. The third kappa shape index (κ3) is 3.57. The molecule has 0 saturated carbocycles. The van der Waals surface area contributed by atoms with Crippen LogP contribution in [0.1, 0.15) is 12.1 Å². The lowest BCUT2D eigenvalue weighted by Crippen LogP contribution is -2.28. The lowest BCUT2D eigenvalue weighted by atomic mass is 10.1. The summed E-state index contributed by atoms with van der Waals surface area (Å²) in [5.74, 6) is 1.43. The van der Waals surface area contributed by atoms with Gasteiger partial charge >= 0.3 is 0 Å².